The van der Waals surface area contributed by atoms with Crippen molar-refractivity contribution in [3.05, 3.63) is 219 Å². The maximum Gasteiger partial charge on any atom is 0.419 e. The Morgan fingerprint density at radius 1 is 0.364 bits per heavy atom. The number of hydrogen-bond donors (Lipinski definition) is 12. The molecule has 0 fully saturated rings. The molecule has 6 amide bonds. The third-order valence-electron chi connectivity index (χ3n) is 18.4. The lowest BCUT2D eigenvalue weighted by Gasteiger charge is -2.19. The zero-order valence-corrected chi connectivity index (χ0v) is 69.5. The number of likely N-dealkylation sites (N-methyl/N-ethyl adjacent to an activating group) is 3. The third-order valence-corrected chi connectivity index (χ3v) is 18.6. The molecule has 9 rings (SSSR count). The highest BCUT2D eigenvalue weighted by atomic mass is 35.5. The monoisotopic (exact) mass is 1710 g/mol. The molecular weight excluding hydrogens is 1610 g/mol. The quantitative estimate of drug-likeness (QED) is 0.0101. The van der Waals surface area contributed by atoms with Crippen LogP contribution < -0.4 is 78.4 Å². The minimum Gasteiger partial charge on any atom is -0.495 e. The van der Waals surface area contributed by atoms with E-state index in [1.54, 1.807) is 78.9 Å². The smallest absolute Gasteiger partial charge is 0.419 e. The Bertz CT molecular complexity index is 4740. The number of nitrogen functional groups attached to an aromatic ring is 1. The second-order valence-corrected chi connectivity index (χ2v) is 26.3. The van der Waals surface area contributed by atoms with E-state index in [0.29, 0.717) is 89.2 Å². The van der Waals surface area contributed by atoms with Crippen molar-refractivity contribution in [3.8, 4) is 17.2 Å². The van der Waals surface area contributed by atoms with E-state index in [4.69, 9.17) is 31.5 Å². The minimum absolute atomic E-state index is 0.0858. The number of aromatic nitrogens is 3. The van der Waals surface area contributed by atoms with Gasteiger partial charge in [0.25, 0.3) is 35.4 Å². The van der Waals surface area contributed by atoms with Crippen LogP contribution in [0.4, 0.5) is 102 Å². The Labute approximate surface area is 700 Å². The summed E-state index contributed by atoms with van der Waals surface area (Å²) in [5.74, 6) is -0.673. The SMILES string of the molecule is CCN(CC)CCNC(=O)c1ccc(N)c(OC)c1.CCN(CC)CCNC(=O)c1ccc(Nc2cc(Nc3ccccc3C(=O)NC)c(C(F)(F)F)cn2)c(OC)c1.CCN(CC)CCNC(=O)c1ccc(Nc2cc(Nc3ccccc3C(=O)NC)c(C(F)(F)F)cn2)c(OC)c1.CNC(=O)c1ccccc1Nc1cc(Cl)ncc1C(F)(F)F. The van der Waals surface area contributed by atoms with Crippen molar-refractivity contribution in [2.75, 3.05) is 153 Å². The van der Waals surface area contributed by atoms with Crippen LogP contribution in [-0.2, 0) is 18.5 Å². The van der Waals surface area contributed by atoms with E-state index in [1.165, 1.54) is 103 Å². The summed E-state index contributed by atoms with van der Waals surface area (Å²) >= 11 is 5.67. The Morgan fingerprint density at radius 2 is 0.653 bits per heavy atom. The number of benzene rings is 6. The van der Waals surface area contributed by atoms with E-state index in [2.05, 4.69) is 130 Å². The zero-order chi connectivity index (χ0) is 89.2. The van der Waals surface area contributed by atoms with Crippen molar-refractivity contribution in [2.45, 2.75) is 60.1 Å². The number of rotatable bonds is 34. The fourth-order valence-corrected chi connectivity index (χ4v) is 11.7. The number of carbonyl (C=O) groups excluding carboxylic acids is 6. The topological polar surface area (TPSA) is 337 Å². The molecule has 0 radical (unpaired) electrons. The van der Waals surface area contributed by atoms with Gasteiger partial charge in [-0.3, -0.25) is 28.8 Å². The van der Waals surface area contributed by atoms with Crippen LogP contribution in [0, 0.1) is 0 Å². The molecular formula is C84H100ClF9N18O9. The summed E-state index contributed by atoms with van der Waals surface area (Å²) in [6.45, 7) is 21.8. The van der Waals surface area contributed by atoms with Gasteiger partial charge >= 0.3 is 18.5 Å². The number of carbonyl (C=O) groups is 6. The molecule has 3 heterocycles. The van der Waals surface area contributed by atoms with Gasteiger partial charge in [0.15, 0.2) is 0 Å². The lowest BCUT2D eigenvalue weighted by molar-refractivity contribution is -0.138. The number of methoxy groups -OCH3 is 3. The van der Waals surface area contributed by atoms with E-state index >= 15 is 0 Å². The van der Waals surface area contributed by atoms with Crippen LogP contribution in [0.15, 0.2) is 164 Å². The minimum atomic E-state index is -4.70. The molecule has 0 saturated heterocycles. The summed E-state index contributed by atoms with van der Waals surface area (Å²) in [5, 5.41) is 29.9. The number of hydrogen-bond acceptors (Lipinski definition) is 21. The van der Waals surface area contributed by atoms with Crippen LogP contribution in [0.5, 0.6) is 17.2 Å². The Morgan fingerprint density at radius 3 is 0.950 bits per heavy atom. The van der Waals surface area contributed by atoms with E-state index < -0.39 is 52.9 Å². The summed E-state index contributed by atoms with van der Waals surface area (Å²) in [4.78, 5) is 91.4. The van der Waals surface area contributed by atoms with E-state index in [-0.39, 0.29) is 85.3 Å². The molecule has 6 aromatic carbocycles. The number of halogens is 10. The van der Waals surface area contributed by atoms with Crippen LogP contribution in [0.3, 0.4) is 0 Å². The molecule has 37 heteroatoms. The molecule has 3 aromatic heterocycles. The van der Waals surface area contributed by atoms with Gasteiger partial charge in [0.1, 0.15) is 34.0 Å². The van der Waals surface area contributed by atoms with Gasteiger partial charge in [0.05, 0.1) is 106 Å². The maximum atomic E-state index is 13.8. The highest BCUT2D eigenvalue weighted by Gasteiger charge is 2.37. The van der Waals surface area contributed by atoms with Crippen molar-refractivity contribution < 1.29 is 82.5 Å². The van der Waals surface area contributed by atoms with Gasteiger partial charge in [-0.25, -0.2) is 15.0 Å². The van der Waals surface area contributed by atoms with Gasteiger partial charge in [-0.15, -0.1) is 0 Å². The van der Waals surface area contributed by atoms with Gasteiger partial charge in [-0.05, 0) is 136 Å². The molecule has 0 saturated carbocycles. The van der Waals surface area contributed by atoms with Crippen molar-refractivity contribution >= 4 is 110 Å². The van der Waals surface area contributed by atoms with Crippen LogP contribution in [0.2, 0.25) is 5.15 Å². The van der Waals surface area contributed by atoms with Gasteiger partial charge in [0, 0.05) is 108 Å². The largest absolute Gasteiger partial charge is 0.495 e. The molecule has 0 unspecified atom stereocenters. The number of alkyl halides is 9. The zero-order valence-electron chi connectivity index (χ0n) is 68.8. The number of amides is 6. The van der Waals surface area contributed by atoms with E-state index in [1.807, 2.05) is 0 Å². The lowest BCUT2D eigenvalue weighted by atomic mass is 10.1. The first-order valence-electron chi connectivity index (χ1n) is 38.1. The maximum absolute atomic E-state index is 13.8. The average molecular weight is 1710 g/mol. The number of anilines is 11. The van der Waals surface area contributed by atoms with Crippen LogP contribution in [-0.4, -0.2) is 186 Å². The first-order valence-corrected chi connectivity index (χ1v) is 38.5. The Balaban J connectivity index is 0.000000262. The predicted molar refractivity (Wildman–Crippen MR) is 452 cm³/mol. The summed E-state index contributed by atoms with van der Waals surface area (Å²) in [7, 11) is 8.68. The highest BCUT2D eigenvalue weighted by molar-refractivity contribution is 6.29. The van der Waals surface area contributed by atoms with E-state index in [0.717, 1.165) is 65.0 Å². The Hall–Kier alpha value is -12.7. The number of nitrogens with one attached hydrogen (secondary N) is 11. The number of para-hydroxylation sites is 3. The number of pyridine rings is 3. The first kappa shape index (κ1) is 97.2. The number of ether oxygens (including phenoxy) is 3. The van der Waals surface area contributed by atoms with E-state index in [9.17, 15) is 68.3 Å². The molecule has 0 aliphatic heterocycles. The fourth-order valence-electron chi connectivity index (χ4n) is 11.6. The second kappa shape index (κ2) is 47.2. The standard InChI is InChI=1S/2C28H33F3N6O3.C14H11ClF3N3O.C14H23N3O2/c2*1-5-37(6-2)14-13-33-26(38)18-11-12-22(24(15-18)40-4)36-25-16-23(20(17-34-25)28(29,30)31)35-21-10-8-7-9-19(21)27(39)32-3;1-19-13(22)8-4-2-3-5-10(8)21-11-6-12(15)20-7-9(11)14(16,17)18;1-4-17(5-2)9-8-16-14(18)11-6-7-12(15)13(10-11)19-3/h2*7-12,15-17H,5-6,13-14H2,1-4H3,(H,32,39)(H,33,38)(H2,34,35,36);2-7H,1H3,(H,19,22)(H,20,21);6-7,10H,4-5,8-9,15H2,1-3H3,(H,16,18). The molecule has 0 aliphatic carbocycles. The number of nitrogens with zero attached hydrogens (tertiary/aromatic N) is 6. The highest BCUT2D eigenvalue weighted by Crippen LogP contribution is 2.42. The van der Waals surface area contributed by atoms with Crippen molar-refractivity contribution in [3.63, 3.8) is 0 Å². The van der Waals surface area contributed by atoms with Crippen LogP contribution >= 0.6 is 11.6 Å². The summed E-state index contributed by atoms with van der Waals surface area (Å²) in [6, 6.07) is 36.6. The summed E-state index contributed by atoms with van der Waals surface area (Å²) < 4.78 is 138. The molecule has 0 atom stereocenters. The summed E-state index contributed by atoms with van der Waals surface area (Å²) in [6.07, 6.45) is -11.9. The summed E-state index contributed by atoms with van der Waals surface area (Å²) in [5.41, 5.74) is 5.66. The molecule has 0 aliphatic rings. The van der Waals surface area contributed by atoms with Gasteiger partial charge in [0.2, 0.25) is 0 Å². The van der Waals surface area contributed by atoms with Crippen molar-refractivity contribution in [1.82, 2.24) is 61.6 Å². The molecule has 650 valence electrons. The van der Waals surface area contributed by atoms with Crippen molar-refractivity contribution in [1.29, 1.82) is 0 Å². The average Bonchev–Trinajstić information content (AvgIpc) is 0.804. The lowest BCUT2D eigenvalue weighted by Crippen LogP contribution is -2.34. The first-order chi connectivity index (χ1) is 57.6. The Kier molecular flexibility index (Phi) is 37.9. The normalized spacial score (nSPS) is 11.1. The third kappa shape index (κ3) is 29.1. The van der Waals surface area contributed by atoms with Crippen LogP contribution in [0.25, 0.3) is 0 Å². The van der Waals surface area contributed by atoms with Gasteiger partial charge < -0.3 is 93.1 Å². The molecule has 0 spiro atoms. The number of nitrogens with two attached hydrogens (primary N) is 1. The molecule has 0 bridgehead atoms. The van der Waals surface area contributed by atoms with Gasteiger partial charge in [-0.1, -0.05) is 89.5 Å². The molecule has 13 N–H and O–H groups in total. The second-order valence-electron chi connectivity index (χ2n) is 25.9. The fraction of sp³-hybridized carbons (Fsp3) is 0.321. The molecule has 121 heavy (non-hydrogen) atoms. The van der Waals surface area contributed by atoms with Crippen LogP contribution in [0.1, 0.15) is 120 Å². The van der Waals surface area contributed by atoms with Gasteiger partial charge in [-0.2, -0.15) is 39.5 Å². The predicted octanol–water partition coefficient (Wildman–Crippen LogP) is 15.3. The van der Waals surface area contributed by atoms with Crippen molar-refractivity contribution in [2.24, 2.45) is 0 Å². The molecule has 27 nitrogen and oxygen atoms in total. The molecule has 9 aromatic rings.